The molecule has 0 aliphatic carbocycles. The SMILES string of the molecule is CN/C(C)=C(\C(=N)OC)c1cc2cc(C)ncc2n1C. The summed E-state index contributed by atoms with van der Waals surface area (Å²) < 4.78 is 7.15. The van der Waals surface area contributed by atoms with Crippen LogP contribution in [0.25, 0.3) is 16.5 Å². The van der Waals surface area contributed by atoms with E-state index in [1.54, 1.807) is 0 Å². The highest BCUT2D eigenvalue weighted by Gasteiger charge is 2.17. The van der Waals surface area contributed by atoms with Gasteiger partial charge in [-0.2, -0.15) is 0 Å². The highest BCUT2D eigenvalue weighted by molar-refractivity contribution is 6.19. The number of aryl methyl sites for hydroxylation is 2. The van der Waals surface area contributed by atoms with E-state index in [4.69, 9.17) is 10.1 Å². The second-order valence-electron chi connectivity index (χ2n) is 4.76. The fourth-order valence-corrected chi connectivity index (χ4v) is 2.29. The monoisotopic (exact) mass is 272 g/mol. The Balaban J connectivity index is 2.72. The molecule has 0 aliphatic rings. The molecule has 106 valence electrons. The molecule has 0 unspecified atom stereocenters. The predicted octanol–water partition coefficient (Wildman–Crippen LogP) is 2.46. The van der Waals surface area contributed by atoms with Crippen molar-refractivity contribution in [1.29, 1.82) is 5.41 Å². The van der Waals surface area contributed by atoms with E-state index in [-0.39, 0.29) is 5.90 Å². The number of methoxy groups -OCH3 is 1. The highest BCUT2D eigenvalue weighted by Crippen LogP contribution is 2.26. The fraction of sp³-hybridized carbons (Fsp3) is 0.333. The van der Waals surface area contributed by atoms with Gasteiger partial charge in [-0.3, -0.25) is 10.4 Å². The first kappa shape index (κ1) is 14.1. The van der Waals surface area contributed by atoms with Crippen molar-refractivity contribution in [3.8, 4) is 0 Å². The molecule has 0 aliphatic heterocycles. The molecule has 2 aromatic heterocycles. The lowest BCUT2D eigenvalue weighted by molar-refractivity contribution is 0.405. The maximum atomic E-state index is 8.03. The summed E-state index contributed by atoms with van der Waals surface area (Å²) in [4.78, 5) is 4.33. The normalized spacial score (nSPS) is 12.2. The van der Waals surface area contributed by atoms with Crippen molar-refractivity contribution in [1.82, 2.24) is 14.9 Å². The topological polar surface area (TPSA) is 62.9 Å². The van der Waals surface area contributed by atoms with Crippen LogP contribution in [0.5, 0.6) is 0 Å². The second-order valence-corrected chi connectivity index (χ2v) is 4.76. The van der Waals surface area contributed by atoms with Gasteiger partial charge in [0.2, 0.25) is 5.90 Å². The molecule has 2 rings (SSSR count). The predicted molar refractivity (Wildman–Crippen MR) is 81.8 cm³/mol. The lowest BCUT2D eigenvalue weighted by Gasteiger charge is -2.13. The van der Waals surface area contributed by atoms with Gasteiger partial charge in [-0.15, -0.1) is 0 Å². The van der Waals surface area contributed by atoms with Gasteiger partial charge < -0.3 is 14.6 Å². The van der Waals surface area contributed by atoms with Crippen LogP contribution in [0.4, 0.5) is 0 Å². The van der Waals surface area contributed by atoms with Gasteiger partial charge in [0.05, 0.1) is 30.1 Å². The standard InChI is InChI=1S/C15H20N4O/c1-9-6-11-7-12(19(4)13(11)8-18-9)14(10(2)17-3)15(16)20-5/h6-8,16-17H,1-5H3/b14-10-,16-15?. The zero-order chi connectivity index (χ0) is 14.9. The molecule has 0 amide bonds. The molecular formula is C15H20N4O. The summed E-state index contributed by atoms with van der Waals surface area (Å²) in [6, 6.07) is 4.11. The molecule has 5 heteroatoms. The Morgan fingerprint density at radius 3 is 2.70 bits per heavy atom. The third kappa shape index (κ3) is 2.27. The molecule has 0 bridgehead atoms. The summed E-state index contributed by atoms with van der Waals surface area (Å²) in [7, 11) is 5.33. The van der Waals surface area contributed by atoms with E-state index in [1.165, 1.54) is 7.11 Å². The molecule has 2 aromatic rings. The summed E-state index contributed by atoms with van der Waals surface area (Å²) >= 11 is 0. The van der Waals surface area contributed by atoms with Gasteiger partial charge in [-0.05, 0) is 26.0 Å². The van der Waals surface area contributed by atoms with Gasteiger partial charge in [0.25, 0.3) is 0 Å². The first-order chi connectivity index (χ1) is 9.49. The lowest BCUT2D eigenvalue weighted by Crippen LogP contribution is -2.14. The van der Waals surface area contributed by atoms with E-state index in [9.17, 15) is 0 Å². The number of rotatable bonds is 3. The Labute approximate surface area is 118 Å². The number of allylic oxidation sites excluding steroid dienone is 1. The first-order valence-corrected chi connectivity index (χ1v) is 6.43. The van der Waals surface area contributed by atoms with E-state index < -0.39 is 0 Å². The van der Waals surface area contributed by atoms with Crippen LogP contribution in [-0.4, -0.2) is 29.6 Å². The number of aromatic nitrogens is 2. The average molecular weight is 272 g/mol. The van der Waals surface area contributed by atoms with Crippen molar-refractivity contribution in [2.75, 3.05) is 14.2 Å². The van der Waals surface area contributed by atoms with E-state index in [1.807, 2.05) is 44.8 Å². The zero-order valence-corrected chi connectivity index (χ0v) is 12.5. The van der Waals surface area contributed by atoms with Crippen LogP contribution in [0.15, 0.2) is 24.0 Å². The molecule has 0 spiro atoms. The van der Waals surface area contributed by atoms with Crippen molar-refractivity contribution in [3.63, 3.8) is 0 Å². The van der Waals surface area contributed by atoms with Crippen molar-refractivity contribution < 1.29 is 4.74 Å². The van der Waals surface area contributed by atoms with Crippen LogP contribution in [0, 0.1) is 12.3 Å². The summed E-state index contributed by atoms with van der Waals surface area (Å²) in [6.07, 6.45) is 1.86. The van der Waals surface area contributed by atoms with Crippen molar-refractivity contribution >= 4 is 22.4 Å². The smallest absolute Gasteiger partial charge is 0.216 e. The maximum absolute atomic E-state index is 8.03. The summed E-state index contributed by atoms with van der Waals surface area (Å²) in [5.74, 6) is 0.146. The van der Waals surface area contributed by atoms with Gasteiger partial charge in [0.1, 0.15) is 0 Å². The molecule has 0 aromatic carbocycles. The number of fused-ring (bicyclic) bond motifs is 1. The Hall–Kier alpha value is -2.30. The van der Waals surface area contributed by atoms with Crippen molar-refractivity contribution in [2.45, 2.75) is 13.8 Å². The molecule has 0 radical (unpaired) electrons. The van der Waals surface area contributed by atoms with Gasteiger partial charge in [0, 0.05) is 30.9 Å². The summed E-state index contributed by atoms with van der Waals surface area (Å²) in [5.41, 5.74) is 4.60. The van der Waals surface area contributed by atoms with Gasteiger partial charge in [-0.25, -0.2) is 0 Å². The molecular weight excluding hydrogens is 252 g/mol. The number of hydrogen-bond donors (Lipinski definition) is 2. The fourth-order valence-electron chi connectivity index (χ4n) is 2.29. The molecule has 2 N–H and O–H groups in total. The Kier molecular flexibility index (Phi) is 3.79. The van der Waals surface area contributed by atoms with Gasteiger partial charge >= 0.3 is 0 Å². The van der Waals surface area contributed by atoms with E-state index in [0.29, 0.717) is 0 Å². The molecule has 20 heavy (non-hydrogen) atoms. The van der Waals surface area contributed by atoms with Crippen molar-refractivity contribution in [2.24, 2.45) is 7.05 Å². The minimum absolute atomic E-state index is 0.146. The van der Waals surface area contributed by atoms with Crippen LogP contribution in [-0.2, 0) is 11.8 Å². The molecule has 0 saturated heterocycles. The quantitative estimate of drug-likeness (QED) is 0.666. The highest BCUT2D eigenvalue weighted by atomic mass is 16.5. The van der Waals surface area contributed by atoms with Gasteiger partial charge in [0.15, 0.2) is 0 Å². The third-order valence-corrected chi connectivity index (χ3v) is 3.50. The molecule has 2 heterocycles. The Bertz CT molecular complexity index is 697. The minimum atomic E-state index is 0.146. The third-order valence-electron chi connectivity index (χ3n) is 3.50. The van der Waals surface area contributed by atoms with Crippen LogP contribution in [0.1, 0.15) is 18.3 Å². The van der Waals surface area contributed by atoms with Crippen LogP contribution < -0.4 is 5.32 Å². The number of nitrogens with zero attached hydrogens (tertiary/aromatic N) is 2. The van der Waals surface area contributed by atoms with E-state index in [2.05, 4.69) is 16.4 Å². The van der Waals surface area contributed by atoms with E-state index in [0.717, 1.165) is 33.6 Å². The number of hydrogen-bond acceptors (Lipinski definition) is 4. The summed E-state index contributed by atoms with van der Waals surface area (Å²) in [6.45, 7) is 3.91. The minimum Gasteiger partial charge on any atom is -0.481 e. The molecule has 0 atom stereocenters. The Morgan fingerprint density at radius 2 is 2.10 bits per heavy atom. The number of nitrogens with one attached hydrogen (secondary N) is 2. The van der Waals surface area contributed by atoms with E-state index >= 15 is 0 Å². The number of ether oxygens (including phenoxy) is 1. The molecule has 0 fully saturated rings. The molecule has 0 saturated carbocycles. The molecule has 5 nitrogen and oxygen atoms in total. The second kappa shape index (κ2) is 5.36. The largest absolute Gasteiger partial charge is 0.481 e. The van der Waals surface area contributed by atoms with Gasteiger partial charge in [-0.1, -0.05) is 0 Å². The summed E-state index contributed by atoms with van der Waals surface area (Å²) in [5, 5.41) is 12.2. The zero-order valence-electron chi connectivity index (χ0n) is 12.5. The number of pyridine rings is 1. The Morgan fingerprint density at radius 1 is 1.40 bits per heavy atom. The maximum Gasteiger partial charge on any atom is 0.216 e. The van der Waals surface area contributed by atoms with Crippen LogP contribution in [0.3, 0.4) is 0 Å². The van der Waals surface area contributed by atoms with Crippen LogP contribution in [0.2, 0.25) is 0 Å². The lowest BCUT2D eigenvalue weighted by atomic mass is 10.1. The van der Waals surface area contributed by atoms with Crippen LogP contribution >= 0.6 is 0 Å². The average Bonchev–Trinajstić information content (AvgIpc) is 2.75. The van der Waals surface area contributed by atoms with Crippen molar-refractivity contribution in [3.05, 3.63) is 35.4 Å². The first-order valence-electron chi connectivity index (χ1n) is 6.43.